The zero-order chi connectivity index (χ0) is 20.9. The number of amides is 3. The van der Waals surface area contributed by atoms with Gasteiger partial charge in [-0.05, 0) is 30.7 Å². The Labute approximate surface area is 177 Å². The number of ether oxygens (including phenoxy) is 1. The number of anilines is 1. The standard InChI is InChI=1S/C23H28N4O3/c1-17-15-26(16-19-4-2-3-5-21(19)30-17)12-10-24-22(28)14-18-6-8-20(9-7-18)27-13-11-25-23(27)29/h2-9,17H,10-16H2,1H3,(H,24,28)(H,25,29). The molecule has 158 valence electrons. The number of hydrogen-bond acceptors (Lipinski definition) is 4. The largest absolute Gasteiger partial charge is 0.489 e. The van der Waals surface area contributed by atoms with Crippen LogP contribution in [0.3, 0.4) is 0 Å². The molecule has 4 rings (SSSR count). The van der Waals surface area contributed by atoms with Gasteiger partial charge in [0.2, 0.25) is 5.91 Å². The Morgan fingerprint density at radius 3 is 2.77 bits per heavy atom. The summed E-state index contributed by atoms with van der Waals surface area (Å²) in [6.07, 6.45) is 0.440. The Bertz CT molecular complexity index is 900. The molecule has 1 atom stereocenters. The molecule has 2 aromatic rings. The van der Waals surface area contributed by atoms with Crippen LogP contribution < -0.4 is 20.3 Å². The van der Waals surface area contributed by atoms with Crippen LogP contribution in [0.2, 0.25) is 0 Å². The molecular formula is C23H28N4O3. The predicted molar refractivity (Wildman–Crippen MR) is 116 cm³/mol. The summed E-state index contributed by atoms with van der Waals surface area (Å²) in [7, 11) is 0. The van der Waals surface area contributed by atoms with Gasteiger partial charge in [0.15, 0.2) is 0 Å². The molecule has 0 saturated carbocycles. The Morgan fingerprint density at radius 2 is 2.00 bits per heavy atom. The van der Waals surface area contributed by atoms with Crippen LogP contribution in [0, 0.1) is 0 Å². The summed E-state index contributed by atoms with van der Waals surface area (Å²) in [5.41, 5.74) is 2.97. The number of carbonyl (C=O) groups excluding carboxylic acids is 2. The number of rotatable bonds is 6. The average Bonchev–Trinajstić information content (AvgIpc) is 3.08. The van der Waals surface area contributed by atoms with E-state index in [4.69, 9.17) is 4.74 Å². The second-order valence-corrected chi connectivity index (χ2v) is 7.85. The van der Waals surface area contributed by atoms with E-state index in [2.05, 4.69) is 28.5 Å². The van der Waals surface area contributed by atoms with Gasteiger partial charge in [0.05, 0.1) is 6.42 Å². The van der Waals surface area contributed by atoms with Gasteiger partial charge in [-0.1, -0.05) is 30.3 Å². The molecule has 30 heavy (non-hydrogen) atoms. The van der Waals surface area contributed by atoms with Crippen LogP contribution in [-0.4, -0.2) is 55.7 Å². The van der Waals surface area contributed by atoms with Gasteiger partial charge in [-0.2, -0.15) is 0 Å². The van der Waals surface area contributed by atoms with Gasteiger partial charge in [0.25, 0.3) is 0 Å². The highest BCUT2D eigenvalue weighted by Crippen LogP contribution is 2.24. The maximum atomic E-state index is 12.3. The molecule has 2 N–H and O–H groups in total. The van der Waals surface area contributed by atoms with Gasteiger partial charge in [-0.15, -0.1) is 0 Å². The van der Waals surface area contributed by atoms with Gasteiger partial charge in [-0.3, -0.25) is 14.6 Å². The van der Waals surface area contributed by atoms with Crippen LogP contribution in [0.4, 0.5) is 10.5 Å². The van der Waals surface area contributed by atoms with E-state index in [9.17, 15) is 9.59 Å². The smallest absolute Gasteiger partial charge is 0.321 e. The van der Waals surface area contributed by atoms with Crippen molar-refractivity contribution in [2.24, 2.45) is 0 Å². The molecule has 1 saturated heterocycles. The SMILES string of the molecule is CC1CN(CCNC(=O)Cc2ccc(N3CCNC3=O)cc2)Cc2ccccc2O1. The summed E-state index contributed by atoms with van der Waals surface area (Å²) < 4.78 is 5.99. The van der Waals surface area contributed by atoms with Crippen molar-refractivity contribution in [1.82, 2.24) is 15.5 Å². The molecule has 7 nitrogen and oxygen atoms in total. The molecule has 2 aromatic carbocycles. The molecular weight excluding hydrogens is 380 g/mol. The van der Waals surface area contributed by atoms with Crippen LogP contribution >= 0.6 is 0 Å². The van der Waals surface area contributed by atoms with Crippen molar-refractivity contribution in [3.63, 3.8) is 0 Å². The molecule has 1 fully saturated rings. The van der Waals surface area contributed by atoms with Crippen LogP contribution in [0.25, 0.3) is 0 Å². The first-order chi connectivity index (χ1) is 14.6. The second-order valence-electron chi connectivity index (χ2n) is 7.85. The van der Waals surface area contributed by atoms with Crippen molar-refractivity contribution in [2.45, 2.75) is 26.0 Å². The zero-order valence-electron chi connectivity index (χ0n) is 17.3. The average molecular weight is 409 g/mol. The summed E-state index contributed by atoms with van der Waals surface area (Å²) >= 11 is 0. The van der Waals surface area contributed by atoms with Gasteiger partial charge in [0.1, 0.15) is 11.9 Å². The third-order valence-electron chi connectivity index (χ3n) is 5.43. The lowest BCUT2D eigenvalue weighted by Crippen LogP contribution is -2.38. The minimum absolute atomic E-state index is 0.00110. The lowest BCUT2D eigenvalue weighted by Gasteiger charge is -2.22. The number of hydrogen-bond donors (Lipinski definition) is 2. The van der Waals surface area contributed by atoms with E-state index in [1.165, 1.54) is 5.56 Å². The lowest BCUT2D eigenvalue weighted by molar-refractivity contribution is -0.120. The van der Waals surface area contributed by atoms with Crippen molar-refractivity contribution in [3.8, 4) is 5.75 Å². The monoisotopic (exact) mass is 408 g/mol. The van der Waals surface area contributed by atoms with Gasteiger partial charge in [0, 0.05) is 50.5 Å². The van der Waals surface area contributed by atoms with Crippen molar-refractivity contribution in [2.75, 3.05) is 37.6 Å². The summed E-state index contributed by atoms with van der Waals surface area (Å²) in [6, 6.07) is 15.7. The Balaban J connectivity index is 1.24. The first-order valence-corrected chi connectivity index (χ1v) is 10.5. The Hall–Kier alpha value is -3.06. The molecule has 0 aromatic heterocycles. The summed E-state index contributed by atoms with van der Waals surface area (Å²) in [5.74, 6) is 0.951. The molecule has 0 bridgehead atoms. The fourth-order valence-corrected chi connectivity index (χ4v) is 3.96. The van der Waals surface area contributed by atoms with Crippen molar-refractivity contribution >= 4 is 17.6 Å². The Kier molecular flexibility index (Phi) is 6.18. The van der Waals surface area contributed by atoms with Crippen LogP contribution in [0.5, 0.6) is 5.75 Å². The quantitative estimate of drug-likeness (QED) is 0.768. The number of carbonyl (C=O) groups is 2. The number of para-hydroxylation sites is 1. The maximum Gasteiger partial charge on any atom is 0.321 e. The molecule has 2 aliphatic heterocycles. The van der Waals surface area contributed by atoms with Crippen molar-refractivity contribution in [1.29, 1.82) is 0 Å². The minimum atomic E-state index is -0.0728. The van der Waals surface area contributed by atoms with Crippen molar-refractivity contribution < 1.29 is 14.3 Å². The Morgan fingerprint density at radius 1 is 1.20 bits per heavy atom. The number of fused-ring (bicyclic) bond motifs is 1. The second kappa shape index (κ2) is 9.17. The predicted octanol–water partition coefficient (Wildman–Crippen LogP) is 2.16. The summed E-state index contributed by atoms with van der Waals surface area (Å²) in [5, 5.41) is 5.81. The first-order valence-electron chi connectivity index (χ1n) is 10.5. The number of nitrogens with zero attached hydrogens (tertiary/aromatic N) is 2. The molecule has 2 aliphatic rings. The first kappa shape index (κ1) is 20.2. The van der Waals surface area contributed by atoms with E-state index < -0.39 is 0 Å². The number of benzene rings is 2. The van der Waals surface area contributed by atoms with E-state index in [-0.39, 0.29) is 18.0 Å². The van der Waals surface area contributed by atoms with E-state index in [1.807, 2.05) is 42.5 Å². The lowest BCUT2D eigenvalue weighted by atomic mass is 10.1. The van der Waals surface area contributed by atoms with Gasteiger partial charge in [-0.25, -0.2) is 4.79 Å². The molecule has 1 unspecified atom stereocenters. The topological polar surface area (TPSA) is 73.9 Å². The zero-order valence-corrected chi connectivity index (χ0v) is 17.3. The van der Waals surface area contributed by atoms with E-state index in [0.29, 0.717) is 26.1 Å². The van der Waals surface area contributed by atoms with Crippen molar-refractivity contribution in [3.05, 3.63) is 59.7 Å². The van der Waals surface area contributed by atoms with Crippen LogP contribution in [0.1, 0.15) is 18.1 Å². The highest BCUT2D eigenvalue weighted by Gasteiger charge is 2.21. The number of nitrogens with one attached hydrogen (secondary N) is 2. The molecule has 3 amide bonds. The third-order valence-corrected chi connectivity index (χ3v) is 5.43. The minimum Gasteiger partial charge on any atom is -0.489 e. The highest BCUT2D eigenvalue weighted by atomic mass is 16.5. The summed E-state index contributed by atoms with van der Waals surface area (Å²) in [6.45, 7) is 6.43. The third kappa shape index (κ3) is 4.91. The van der Waals surface area contributed by atoms with E-state index in [1.54, 1.807) is 4.90 Å². The molecule has 0 spiro atoms. The fourth-order valence-electron chi connectivity index (χ4n) is 3.96. The fraction of sp³-hybridized carbons (Fsp3) is 0.391. The molecule has 0 radical (unpaired) electrons. The maximum absolute atomic E-state index is 12.3. The van der Waals surface area contributed by atoms with Gasteiger partial charge < -0.3 is 15.4 Å². The van der Waals surface area contributed by atoms with E-state index in [0.717, 1.165) is 36.6 Å². The van der Waals surface area contributed by atoms with Gasteiger partial charge >= 0.3 is 6.03 Å². The molecule has 2 heterocycles. The van der Waals surface area contributed by atoms with E-state index >= 15 is 0 Å². The number of urea groups is 1. The molecule has 7 heteroatoms. The highest BCUT2D eigenvalue weighted by molar-refractivity contribution is 5.94. The summed E-state index contributed by atoms with van der Waals surface area (Å²) in [4.78, 5) is 28.1. The van der Waals surface area contributed by atoms with Crippen LogP contribution in [-0.2, 0) is 17.8 Å². The molecule has 0 aliphatic carbocycles. The van der Waals surface area contributed by atoms with Crippen LogP contribution in [0.15, 0.2) is 48.5 Å². The normalized spacial score (nSPS) is 18.9.